The molecule has 0 radical (unpaired) electrons. The number of hydrogen-bond acceptors (Lipinski definition) is 9. The summed E-state index contributed by atoms with van der Waals surface area (Å²) in [5.74, 6) is 1.11. The first-order valence-electron chi connectivity index (χ1n) is 10.9. The lowest BCUT2D eigenvalue weighted by molar-refractivity contribution is 0.0606. The average molecular weight is 466 g/mol. The molecular formula is C23H26N6O5. The second kappa shape index (κ2) is 9.27. The van der Waals surface area contributed by atoms with Gasteiger partial charge in [0.1, 0.15) is 29.7 Å². The lowest BCUT2D eigenvalue weighted by Crippen LogP contribution is -2.44. The van der Waals surface area contributed by atoms with Gasteiger partial charge in [-0.1, -0.05) is 11.2 Å². The van der Waals surface area contributed by atoms with E-state index in [1.165, 1.54) is 0 Å². The molecule has 2 aliphatic heterocycles. The van der Waals surface area contributed by atoms with Crippen molar-refractivity contribution in [2.24, 2.45) is 0 Å². The number of carbonyl (C=O) groups is 1. The van der Waals surface area contributed by atoms with E-state index in [2.05, 4.69) is 20.8 Å². The minimum absolute atomic E-state index is 0.198. The zero-order valence-electron chi connectivity index (χ0n) is 19.1. The number of benzene rings is 2. The molecule has 5 rings (SSSR count). The smallest absolute Gasteiger partial charge is 0.341 e. The fourth-order valence-corrected chi connectivity index (χ4v) is 4.20. The number of nitrogens with zero attached hydrogens (tertiary/aromatic N) is 5. The van der Waals surface area contributed by atoms with Gasteiger partial charge in [-0.25, -0.2) is 0 Å². The molecule has 2 fully saturated rings. The van der Waals surface area contributed by atoms with E-state index in [0.717, 1.165) is 5.69 Å². The first-order valence-corrected chi connectivity index (χ1v) is 10.9. The standard InChI is InChI=1S/C23H26N6O5/c1-28(2)15-5-4-6-17(11-15)34-23-25-26-27-29(23)19-13-33-20-18(12-32-21(19)20)24-22(30)14-7-9-16(31-3)10-8-14/h4-11,18-21H,12-13H2,1-3H3,(H,24,30)/t18-,19+,20-,21+/m0/s1. The first-order chi connectivity index (χ1) is 16.5. The molecule has 2 aliphatic rings. The molecule has 1 N–H and O–H groups in total. The minimum atomic E-state index is -0.319. The van der Waals surface area contributed by atoms with Gasteiger partial charge in [-0.3, -0.25) is 4.79 Å². The molecular weight excluding hydrogens is 440 g/mol. The fourth-order valence-electron chi connectivity index (χ4n) is 4.20. The summed E-state index contributed by atoms with van der Waals surface area (Å²) >= 11 is 0. The Hall–Kier alpha value is -3.70. The van der Waals surface area contributed by atoms with Crippen LogP contribution in [0.25, 0.3) is 0 Å². The van der Waals surface area contributed by atoms with E-state index in [4.69, 9.17) is 18.9 Å². The molecule has 1 aromatic heterocycles. The van der Waals surface area contributed by atoms with E-state index < -0.39 is 0 Å². The van der Waals surface area contributed by atoms with Gasteiger partial charge >= 0.3 is 6.01 Å². The predicted molar refractivity (Wildman–Crippen MR) is 121 cm³/mol. The normalized spacial score (nSPS) is 23.4. The van der Waals surface area contributed by atoms with Gasteiger partial charge in [0.25, 0.3) is 5.91 Å². The summed E-state index contributed by atoms with van der Waals surface area (Å²) in [4.78, 5) is 14.7. The highest BCUT2D eigenvalue weighted by molar-refractivity contribution is 5.94. The number of hydrogen-bond donors (Lipinski definition) is 1. The second-order valence-corrected chi connectivity index (χ2v) is 8.37. The molecule has 11 nitrogen and oxygen atoms in total. The van der Waals surface area contributed by atoms with Crippen LogP contribution in [0.2, 0.25) is 0 Å². The maximum Gasteiger partial charge on any atom is 0.341 e. The maximum atomic E-state index is 12.7. The van der Waals surface area contributed by atoms with Crippen LogP contribution in [0.5, 0.6) is 17.5 Å². The number of carbonyl (C=O) groups excluding carboxylic acids is 1. The Bertz CT molecular complexity index is 1150. The largest absolute Gasteiger partial charge is 0.497 e. The van der Waals surface area contributed by atoms with Crippen molar-refractivity contribution >= 4 is 11.6 Å². The Labute approximate surface area is 196 Å². The zero-order chi connectivity index (χ0) is 23.7. The van der Waals surface area contributed by atoms with Crippen molar-refractivity contribution < 1.29 is 23.7 Å². The van der Waals surface area contributed by atoms with Crippen molar-refractivity contribution in [1.82, 2.24) is 25.5 Å². The number of anilines is 1. The highest BCUT2D eigenvalue weighted by Gasteiger charge is 2.50. The van der Waals surface area contributed by atoms with Crippen LogP contribution < -0.4 is 19.7 Å². The Morgan fingerprint density at radius 1 is 1.09 bits per heavy atom. The van der Waals surface area contributed by atoms with Crippen molar-refractivity contribution in [2.45, 2.75) is 24.3 Å². The van der Waals surface area contributed by atoms with Crippen molar-refractivity contribution in [2.75, 3.05) is 39.3 Å². The highest BCUT2D eigenvalue weighted by atomic mass is 16.6. The van der Waals surface area contributed by atoms with Crippen LogP contribution in [0, 0.1) is 0 Å². The minimum Gasteiger partial charge on any atom is -0.497 e. The van der Waals surface area contributed by atoms with Crippen molar-refractivity contribution in [3.8, 4) is 17.5 Å². The van der Waals surface area contributed by atoms with Crippen LogP contribution in [0.1, 0.15) is 16.4 Å². The quantitative estimate of drug-likeness (QED) is 0.556. The number of amides is 1. The summed E-state index contributed by atoms with van der Waals surface area (Å²) in [6, 6.07) is 14.3. The lowest BCUT2D eigenvalue weighted by atomic mass is 10.1. The number of ether oxygens (including phenoxy) is 4. The van der Waals surface area contributed by atoms with Crippen LogP contribution in [0.3, 0.4) is 0 Å². The third-order valence-electron chi connectivity index (χ3n) is 6.02. The van der Waals surface area contributed by atoms with E-state index in [1.807, 2.05) is 43.3 Å². The first kappa shape index (κ1) is 22.1. The molecule has 0 unspecified atom stereocenters. The number of nitrogens with one attached hydrogen (secondary N) is 1. The molecule has 34 heavy (non-hydrogen) atoms. The van der Waals surface area contributed by atoms with E-state index in [-0.39, 0.29) is 36.2 Å². The summed E-state index contributed by atoms with van der Waals surface area (Å²) in [7, 11) is 5.50. The predicted octanol–water partition coefficient (Wildman–Crippen LogP) is 1.68. The molecule has 3 heterocycles. The number of rotatable bonds is 7. The van der Waals surface area contributed by atoms with E-state index >= 15 is 0 Å². The van der Waals surface area contributed by atoms with Gasteiger partial charge in [0, 0.05) is 31.4 Å². The molecule has 0 bridgehead atoms. The van der Waals surface area contributed by atoms with Gasteiger partial charge in [-0.2, -0.15) is 4.68 Å². The van der Waals surface area contributed by atoms with Gasteiger partial charge in [-0.15, -0.1) is 0 Å². The molecule has 2 saturated heterocycles. The van der Waals surface area contributed by atoms with Crippen LogP contribution in [0.15, 0.2) is 48.5 Å². The molecule has 4 atom stereocenters. The maximum absolute atomic E-state index is 12.7. The number of fused-ring (bicyclic) bond motifs is 1. The second-order valence-electron chi connectivity index (χ2n) is 8.37. The van der Waals surface area contributed by atoms with Gasteiger partial charge < -0.3 is 29.2 Å². The van der Waals surface area contributed by atoms with E-state index in [9.17, 15) is 4.79 Å². The molecule has 0 saturated carbocycles. The summed E-state index contributed by atoms with van der Waals surface area (Å²) < 4.78 is 24.7. The topological polar surface area (TPSA) is 113 Å². The zero-order valence-corrected chi connectivity index (χ0v) is 19.1. The van der Waals surface area contributed by atoms with Crippen molar-refractivity contribution in [1.29, 1.82) is 0 Å². The monoisotopic (exact) mass is 466 g/mol. The SMILES string of the molecule is COc1ccc(C(=O)N[C@H]2CO[C@H]3[C@H]2OC[C@H]3n2nnnc2Oc2cccc(N(C)C)c2)cc1. The number of aromatic nitrogens is 4. The molecule has 178 valence electrons. The Morgan fingerprint density at radius 2 is 1.88 bits per heavy atom. The number of tetrazole rings is 1. The van der Waals surface area contributed by atoms with Crippen LogP contribution in [-0.4, -0.2) is 78.8 Å². The van der Waals surface area contributed by atoms with Gasteiger partial charge in [0.15, 0.2) is 0 Å². The lowest BCUT2D eigenvalue weighted by Gasteiger charge is -2.18. The van der Waals surface area contributed by atoms with E-state index in [1.54, 1.807) is 36.1 Å². The average Bonchev–Trinajstić information content (AvgIpc) is 3.57. The van der Waals surface area contributed by atoms with Gasteiger partial charge in [0.05, 0.1) is 26.4 Å². The molecule has 0 spiro atoms. The summed E-state index contributed by atoms with van der Waals surface area (Å²) in [6.07, 6.45) is -0.638. The molecule has 0 aliphatic carbocycles. The Kier molecular flexibility index (Phi) is 6.03. The van der Waals surface area contributed by atoms with E-state index in [0.29, 0.717) is 30.3 Å². The Morgan fingerprint density at radius 3 is 2.65 bits per heavy atom. The van der Waals surface area contributed by atoms with Gasteiger partial charge in [0.2, 0.25) is 0 Å². The van der Waals surface area contributed by atoms with Crippen molar-refractivity contribution in [3.05, 3.63) is 54.1 Å². The molecule has 1 amide bonds. The van der Waals surface area contributed by atoms with Crippen LogP contribution >= 0.6 is 0 Å². The Balaban J connectivity index is 1.26. The molecule has 3 aromatic rings. The third kappa shape index (κ3) is 4.27. The fraction of sp³-hybridized carbons (Fsp3) is 0.391. The summed E-state index contributed by atoms with van der Waals surface area (Å²) in [5.41, 5.74) is 1.53. The summed E-state index contributed by atoms with van der Waals surface area (Å²) in [6.45, 7) is 0.667. The van der Waals surface area contributed by atoms with Crippen LogP contribution in [0.4, 0.5) is 5.69 Å². The third-order valence-corrected chi connectivity index (χ3v) is 6.02. The molecule has 11 heteroatoms. The van der Waals surface area contributed by atoms with Crippen LogP contribution in [-0.2, 0) is 9.47 Å². The summed E-state index contributed by atoms with van der Waals surface area (Å²) in [5, 5.41) is 15.0. The van der Waals surface area contributed by atoms with Crippen molar-refractivity contribution in [3.63, 3.8) is 0 Å². The van der Waals surface area contributed by atoms with Gasteiger partial charge in [-0.05, 0) is 46.8 Å². The highest BCUT2D eigenvalue weighted by Crippen LogP contribution is 2.36. The molecule has 2 aromatic carbocycles. The number of methoxy groups -OCH3 is 1.